The van der Waals surface area contributed by atoms with Crippen molar-refractivity contribution >= 4 is 23.5 Å². The van der Waals surface area contributed by atoms with Crippen molar-refractivity contribution in [1.82, 2.24) is 0 Å². The first-order chi connectivity index (χ1) is 11.6. The molecule has 0 amide bonds. The van der Waals surface area contributed by atoms with Crippen LogP contribution < -0.4 is 0 Å². The van der Waals surface area contributed by atoms with Crippen LogP contribution in [0.5, 0.6) is 0 Å². The molecular formula is C12H25BO10P2. The largest absolute Gasteiger partial charge is 0.474 e. The normalized spacial score (nSPS) is 29.9. The Labute approximate surface area is 149 Å². The average molecular weight is 402 g/mol. The van der Waals surface area contributed by atoms with Gasteiger partial charge in [0.1, 0.15) is 26.2 Å². The highest BCUT2D eigenvalue weighted by Crippen LogP contribution is 2.53. The van der Waals surface area contributed by atoms with Crippen molar-refractivity contribution in [2.45, 2.75) is 38.2 Å². The van der Waals surface area contributed by atoms with Crippen LogP contribution in [0.25, 0.3) is 0 Å². The van der Waals surface area contributed by atoms with Crippen molar-refractivity contribution in [3.63, 3.8) is 0 Å². The summed E-state index contributed by atoms with van der Waals surface area (Å²) in [6.07, 6.45) is -3.53. The predicted octanol–water partition coefficient (Wildman–Crippen LogP) is 1.47. The molecule has 0 spiro atoms. The van der Waals surface area contributed by atoms with Crippen molar-refractivity contribution in [1.29, 1.82) is 0 Å². The molecule has 146 valence electrons. The van der Waals surface area contributed by atoms with Gasteiger partial charge in [0, 0.05) is 27.3 Å². The van der Waals surface area contributed by atoms with Gasteiger partial charge in [0.2, 0.25) is 0 Å². The minimum absolute atomic E-state index is 0.0764. The minimum atomic E-state index is -3.97. The monoisotopic (exact) mass is 402 g/mol. The van der Waals surface area contributed by atoms with E-state index >= 15 is 0 Å². The Morgan fingerprint density at radius 3 is 2.12 bits per heavy atom. The van der Waals surface area contributed by atoms with Crippen molar-refractivity contribution in [3.05, 3.63) is 0 Å². The summed E-state index contributed by atoms with van der Waals surface area (Å²) in [4.78, 5) is 0. The molecule has 25 heavy (non-hydrogen) atoms. The molecular weight excluding hydrogens is 377 g/mol. The molecule has 0 aromatic rings. The van der Waals surface area contributed by atoms with E-state index in [0.717, 1.165) is 21.3 Å². The average Bonchev–Trinajstić information content (AvgIpc) is 2.85. The summed E-state index contributed by atoms with van der Waals surface area (Å²) in [6, 6.07) is -1.13. The third kappa shape index (κ3) is 6.70. The van der Waals surface area contributed by atoms with E-state index < -0.39 is 40.0 Å². The Morgan fingerprint density at radius 2 is 1.64 bits per heavy atom. The lowest BCUT2D eigenvalue weighted by Crippen LogP contribution is -2.36. The van der Waals surface area contributed by atoms with Gasteiger partial charge in [-0.25, -0.2) is 9.13 Å². The Morgan fingerprint density at radius 1 is 1.08 bits per heavy atom. The van der Waals surface area contributed by atoms with Gasteiger partial charge in [-0.1, -0.05) is 13.8 Å². The first-order valence-electron chi connectivity index (χ1n) is 7.53. The summed E-state index contributed by atoms with van der Waals surface area (Å²) in [5, 5.41) is 10.1. The summed E-state index contributed by atoms with van der Waals surface area (Å²) < 4.78 is 59.4. The van der Waals surface area contributed by atoms with Crippen molar-refractivity contribution in [2.75, 3.05) is 34.5 Å². The number of hydrogen-bond acceptors (Lipinski definition) is 10. The summed E-state index contributed by atoms with van der Waals surface area (Å²) >= 11 is 0. The lowest BCUT2D eigenvalue weighted by molar-refractivity contribution is -0.0184. The summed E-state index contributed by atoms with van der Waals surface area (Å²) in [5.74, 6) is 0.0764. The van der Waals surface area contributed by atoms with Crippen molar-refractivity contribution in [2.24, 2.45) is 5.92 Å². The minimum Gasteiger partial charge on any atom is -0.388 e. The van der Waals surface area contributed by atoms with E-state index in [4.69, 9.17) is 30.7 Å². The predicted molar refractivity (Wildman–Crippen MR) is 88.3 cm³/mol. The third-order valence-corrected chi connectivity index (χ3v) is 6.03. The lowest BCUT2D eigenvalue weighted by atomic mass is 9.93. The van der Waals surface area contributed by atoms with Gasteiger partial charge in [-0.15, -0.1) is 0 Å². The molecule has 5 atom stereocenters. The topological polar surface area (TPSA) is 119 Å². The van der Waals surface area contributed by atoms with E-state index in [-0.39, 0.29) is 19.1 Å². The first-order valence-corrected chi connectivity index (χ1v) is 10.5. The molecule has 5 unspecified atom stereocenters. The summed E-state index contributed by atoms with van der Waals surface area (Å²) in [6.45, 7) is 3.47. The maximum absolute atomic E-state index is 12.5. The highest BCUT2D eigenvalue weighted by molar-refractivity contribution is 7.48. The highest BCUT2D eigenvalue weighted by Gasteiger charge is 2.47. The smallest absolute Gasteiger partial charge is 0.388 e. The van der Waals surface area contributed by atoms with E-state index in [1.807, 2.05) is 13.8 Å². The molecule has 1 fully saturated rings. The van der Waals surface area contributed by atoms with Gasteiger partial charge in [-0.3, -0.25) is 27.1 Å². The molecule has 1 aliphatic rings. The molecule has 13 heteroatoms. The zero-order valence-corrected chi connectivity index (χ0v) is 16.7. The molecule has 0 aliphatic carbocycles. The second-order valence-electron chi connectivity index (χ2n) is 5.63. The van der Waals surface area contributed by atoms with Crippen LogP contribution in [0.2, 0.25) is 0 Å². The van der Waals surface area contributed by atoms with Gasteiger partial charge < -0.3 is 9.84 Å². The molecule has 2 radical (unpaired) electrons. The highest BCUT2D eigenvalue weighted by atomic mass is 31.2. The maximum atomic E-state index is 12.5. The van der Waals surface area contributed by atoms with Gasteiger partial charge in [-0.2, -0.15) is 0 Å². The maximum Gasteiger partial charge on any atom is 0.474 e. The molecule has 10 nitrogen and oxygen atoms in total. The van der Waals surface area contributed by atoms with E-state index in [9.17, 15) is 14.2 Å². The van der Waals surface area contributed by atoms with Crippen LogP contribution in [0.4, 0.5) is 0 Å². The fourth-order valence-corrected chi connectivity index (χ4v) is 3.87. The molecule has 1 N–H and O–H groups in total. The number of phosphoric acid groups is 2. The first kappa shape index (κ1) is 23.2. The van der Waals surface area contributed by atoms with Gasteiger partial charge >= 0.3 is 15.6 Å². The molecule has 1 aliphatic heterocycles. The molecule has 1 rings (SSSR count). The number of phosphoric ester groups is 2. The number of ether oxygens (including phenoxy) is 1. The Balaban J connectivity index is 2.81. The Kier molecular flexibility index (Phi) is 9.25. The fraction of sp³-hybridized carbons (Fsp3) is 1.00. The quantitative estimate of drug-likeness (QED) is 0.402. The molecule has 0 aromatic heterocycles. The molecule has 1 saturated heterocycles. The third-order valence-electron chi connectivity index (χ3n) is 3.26. The Hall–Kier alpha value is 0.205. The van der Waals surface area contributed by atoms with Gasteiger partial charge in [-0.05, 0) is 5.92 Å². The van der Waals surface area contributed by atoms with Crippen molar-refractivity contribution < 1.29 is 46.1 Å². The second-order valence-corrected chi connectivity index (χ2v) is 9.24. The number of aliphatic hydroxyl groups excluding tert-OH is 1. The SMILES string of the molecule is [B]C1OC(COP(=O)(OC)OC)C(OP(=O)(OC)OCC(C)C)C1O. The van der Waals surface area contributed by atoms with Gasteiger partial charge in [0.15, 0.2) is 0 Å². The van der Waals surface area contributed by atoms with Gasteiger partial charge in [0.05, 0.1) is 13.2 Å². The lowest BCUT2D eigenvalue weighted by Gasteiger charge is -2.26. The Bertz CT molecular complexity index is 496. The zero-order valence-electron chi connectivity index (χ0n) is 14.9. The standard InChI is InChI=1S/C12H25BO10P2/c1-8(2)6-20-25(16,19-5)23-11-9(22-12(13)10(11)14)7-21-24(15,17-3)18-4/h8-12,14H,6-7H2,1-5H3. The van der Waals surface area contributed by atoms with Gasteiger partial charge in [0.25, 0.3) is 0 Å². The van der Waals surface area contributed by atoms with E-state index in [1.54, 1.807) is 0 Å². The number of rotatable bonds is 11. The molecule has 0 bridgehead atoms. The van der Waals surface area contributed by atoms with Crippen LogP contribution in [-0.2, 0) is 41.0 Å². The van der Waals surface area contributed by atoms with Crippen LogP contribution >= 0.6 is 15.6 Å². The summed E-state index contributed by atoms with van der Waals surface area (Å²) in [7, 11) is 1.34. The van der Waals surface area contributed by atoms with Crippen LogP contribution in [0.15, 0.2) is 0 Å². The van der Waals surface area contributed by atoms with Crippen LogP contribution in [-0.4, -0.2) is 71.8 Å². The van der Waals surface area contributed by atoms with Crippen molar-refractivity contribution in [3.8, 4) is 0 Å². The number of aliphatic hydroxyl groups is 1. The van der Waals surface area contributed by atoms with Crippen LogP contribution in [0.3, 0.4) is 0 Å². The van der Waals surface area contributed by atoms with Crippen LogP contribution in [0.1, 0.15) is 13.8 Å². The van der Waals surface area contributed by atoms with Crippen LogP contribution in [0, 0.1) is 5.92 Å². The zero-order chi connectivity index (χ0) is 19.3. The molecule has 0 aromatic carbocycles. The summed E-state index contributed by atoms with van der Waals surface area (Å²) in [5.41, 5.74) is 0. The van der Waals surface area contributed by atoms with E-state index in [0.29, 0.717) is 0 Å². The van der Waals surface area contributed by atoms with E-state index in [1.165, 1.54) is 0 Å². The number of hydrogen-bond donors (Lipinski definition) is 1. The van der Waals surface area contributed by atoms with E-state index in [2.05, 4.69) is 9.05 Å². The fourth-order valence-electron chi connectivity index (χ4n) is 1.89. The second kappa shape index (κ2) is 9.94. The molecule has 1 heterocycles. The molecule has 0 saturated carbocycles.